The van der Waals surface area contributed by atoms with E-state index >= 15 is 0 Å². The van der Waals surface area contributed by atoms with Gasteiger partial charge in [-0.1, -0.05) is 17.7 Å². The number of carbonyl (C=O) groups excluding carboxylic acids is 2. The first-order valence-electron chi connectivity index (χ1n) is 6.90. The van der Waals surface area contributed by atoms with E-state index in [-0.39, 0.29) is 12.5 Å². The van der Waals surface area contributed by atoms with Crippen LogP contribution in [0.5, 0.6) is 5.75 Å². The molecule has 0 radical (unpaired) electrons. The van der Waals surface area contributed by atoms with Crippen LogP contribution < -0.4 is 20.3 Å². The minimum atomic E-state index is -0.424. The van der Waals surface area contributed by atoms with E-state index in [0.29, 0.717) is 27.8 Å². The Hall–Kier alpha value is -2.73. The van der Waals surface area contributed by atoms with E-state index in [0.717, 1.165) is 0 Å². The molecule has 2 aromatic carbocycles. The summed E-state index contributed by atoms with van der Waals surface area (Å²) in [6.45, 7) is -0.01000. The largest absolute Gasteiger partial charge is 0.481 e. The Bertz CT molecular complexity index is 762. The number of ether oxygens (including phenoxy) is 1. The zero-order valence-corrected chi connectivity index (χ0v) is 13.1. The number of para-hydroxylation sites is 1. The Morgan fingerprint density at radius 2 is 1.91 bits per heavy atom. The van der Waals surface area contributed by atoms with Crippen molar-refractivity contribution in [2.45, 2.75) is 0 Å². The normalized spacial score (nSPS) is 13.1. The number of urea groups is 1. The summed E-state index contributed by atoms with van der Waals surface area (Å²) in [4.78, 5) is 25.4. The van der Waals surface area contributed by atoms with Crippen molar-refractivity contribution < 1.29 is 14.3 Å². The third-order valence-corrected chi connectivity index (χ3v) is 3.66. The van der Waals surface area contributed by atoms with Gasteiger partial charge in [0.25, 0.3) is 5.91 Å². The first-order chi connectivity index (χ1) is 11.0. The summed E-state index contributed by atoms with van der Waals surface area (Å²) in [5.41, 5.74) is 1.64. The van der Waals surface area contributed by atoms with Gasteiger partial charge in [-0.3, -0.25) is 4.79 Å². The van der Waals surface area contributed by atoms with Crippen LogP contribution >= 0.6 is 11.6 Å². The third-order valence-electron chi connectivity index (χ3n) is 3.41. The summed E-state index contributed by atoms with van der Waals surface area (Å²) in [6.07, 6.45) is 0. The molecule has 0 unspecified atom stereocenters. The van der Waals surface area contributed by atoms with Crippen LogP contribution in [0.15, 0.2) is 42.5 Å². The van der Waals surface area contributed by atoms with Crippen LogP contribution in [-0.4, -0.2) is 25.6 Å². The minimum absolute atomic E-state index is 0.01000. The first-order valence-corrected chi connectivity index (χ1v) is 7.28. The summed E-state index contributed by atoms with van der Waals surface area (Å²) in [5.74, 6) is 0.376. The molecule has 0 aliphatic carbocycles. The fourth-order valence-corrected chi connectivity index (χ4v) is 2.39. The number of carbonyl (C=O) groups is 2. The van der Waals surface area contributed by atoms with E-state index in [4.69, 9.17) is 16.3 Å². The molecule has 0 spiro atoms. The molecule has 0 saturated carbocycles. The monoisotopic (exact) mass is 331 g/mol. The number of benzene rings is 2. The van der Waals surface area contributed by atoms with Crippen LogP contribution in [0.4, 0.5) is 21.9 Å². The molecule has 2 N–H and O–H groups in total. The molecule has 3 amide bonds. The SMILES string of the molecule is CN1C(=O)COc2cccc(NC(=O)Nc3ccc(Cl)cc3)c21. The number of likely N-dealkylation sites (N-methyl/N-ethyl adjacent to an activating group) is 1. The Balaban J connectivity index is 1.79. The number of hydrogen-bond donors (Lipinski definition) is 2. The van der Waals surface area contributed by atoms with Crippen molar-refractivity contribution >= 4 is 40.6 Å². The van der Waals surface area contributed by atoms with Crippen LogP contribution in [0.25, 0.3) is 0 Å². The highest BCUT2D eigenvalue weighted by Gasteiger charge is 2.25. The average Bonchev–Trinajstić information content (AvgIpc) is 2.53. The van der Waals surface area contributed by atoms with E-state index in [1.54, 1.807) is 49.5 Å². The number of anilines is 3. The number of hydrogen-bond acceptors (Lipinski definition) is 3. The van der Waals surface area contributed by atoms with Gasteiger partial charge in [0, 0.05) is 17.8 Å². The van der Waals surface area contributed by atoms with Crippen molar-refractivity contribution in [2.24, 2.45) is 0 Å². The molecule has 6 nitrogen and oxygen atoms in total. The molecule has 1 heterocycles. The molecule has 0 atom stereocenters. The van der Waals surface area contributed by atoms with Gasteiger partial charge in [0.15, 0.2) is 6.61 Å². The van der Waals surface area contributed by atoms with Crippen LogP contribution in [0, 0.1) is 0 Å². The number of rotatable bonds is 2. The quantitative estimate of drug-likeness (QED) is 0.886. The van der Waals surface area contributed by atoms with Crippen molar-refractivity contribution in [1.29, 1.82) is 0 Å². The number of nitrogens with one attached hydrogen (secondary N) is 2. The molecule has 118 valence electrons. The topological polar surface area (TPSA) is 70.7 Å². The van der Waals surface area contributed by atoms with Gasteiger partial charge < -0.3 is 20.3 Å². The number of halogens is 1. The van der Waals surface area contributed by atoms with E-state index in [1.165, 1.54) is 4.90 Å². The number of fused-ring (bicyclic) bond motifs is 1. The highest BCUT2D eigenvalue weighted by atomic mass is 35.5. The second kappa shape index (κ2) is 6.18. The Labute approximate surface area is 138 Å². The van der Waals surface area contributed by atoms with Crippen LogP contribution in [0.2, 0.25) is 5.02 Å². The maximum atomic E-state index is 12.1. The van der Waals surface area contributed by atoms with Crippen molar-refractivity contribution in [3.8, 4) is 5.75 Å². The van der Waals surface area contributed by atoms with Gasteiger partial charge in [0.05, 0.1) is 5.69 Å². The molecule has 3 rings (SSSR count). The summed E-state index contributed by atoms with van der Waals surface area (Å²) in [6, 6.07) is 11.5. The van der Waals surface area contributed by atoms with Crippen molar-refractivity contribution in [1.82, 2.24) is 0 Å². The summed E-state index contributed by atoms with van der Waals surface area (Å²) in [7, 11) is 1.64. The molecule has 0 saturated heterocycles. The summed E-state index contributed by atoms with van der Waals surface area (Å²) < 4.78 is 5.38. The van der Waals surface area contributed by atoms with E-state index in [9.17, 15) is 9.59 Å². The fourth-order valence-electron chi connectivity index (χ4n) is 2.26. The van der Waals surface area contributed by atoms with Crippen LogP contribution in [0.1, 0.15) is 0 Å². The Morgan fingerprint density at radius 1 is 1.17 bits per heavy atom. The highest BCUT2D eigenvalue weighted by Crippen LogP contribution is 2.38. The summed E-state index contributed by atoms with van der Waals surface area (Å²) in [5, 5.41) is 6.01. The van der Waals surface area contributed by atoms with Gasteiger partial charge in [-0.25, -0.2) is 4.79 Å². The molecule has 0 bridgehead atoms. The molecule has 0 fully saturated rings. The van der Waals surface area contributed by atoms with E-state index in [1.807, 2.05) is 0 Å². The third kappa shape index (κ3) is 3.22. The van der Waals surface area contributed by atoms with Gasteiger partial charge in [-0.15, -0.1) is 0 Å². The Kier molecular flexibility index (Phi) is 4.08. The molecule has 0 aromatic heterocycles. The standard InChI is InChI=1S/C16H14ClN3O3/c1-20-14(21)9-23-13-4-2-3-12(15(13)20)19-16(22)18-11-7-5-10(17)6-8-11/h2-8H,9H2,1H3,(H2,18,19,22). The molecule has 23 heavy (non-hydrogen) atoms. The van der Waals surface area contributed by atoms with Gasteiger partial charge in [0.2, 0.25) is 0 Å². The van der Waals surface area contributed by atoms with Gasteiger partial charge in [-0.05, 0) is 36.4 Å². The van der Waals surface area contributed by atoms with Crippen molar-refractivity contribution in [2.75, 3.05) is 29.2 Å². The smallest absolute Gasteiger partial charge is 0.323 e. The number of nitrogens with zero attached hydrogens (tertiary/aromatic N) is 1. The summed E-state index contributed by atoms with van der Waals surface area (Å²) >= 11 is 5.81. The van der Waals surface area contributed by atoms with Gasteiger partial charge >= 0.3 is 6.03 Å². The maximum Gasteiger partial charge on any atom is 0.323 e. The highest BCUT2D eigenvalue weighted by molar-refractivity contribution is 6.30. The molecule has 7 heteroatoms. The fraction of sp³-hybridized carbons (Fsp3) is 0.125. The van der Waals surface area contributed by atoms with Gasteiger partial charge in [0.1, 0.15) is 11.4 Å². The second-order valence-electron chi connectivity index (χ2n) is 4.98. The Morgan fingerprint density at radius 3 is 2.65 bits per heavy atom. The lowest BCUT2D eigenvalue weighted by molar-refractivity contribution is -0.120. The molecule has 2 aromatic rings. The predicted molar refractivity (Wildman–Crippen MR) is 89.4 cm³/mol. The predicted octanol–water partition coefficient (Wildman–Crippen LogP) is 3.34. The molecular weight excluding hydrogens is 318 g/mol. The molecule has 1 aliphatic rings. The molecular formula is C16H14ClN3O3. The van der Waals surface area contributed by atoms with Crippen LogP contribution in [0.3, 0.4) is 0 Å². The average molecular weight is 332 g/mol. The lowest BCUT2D eigenvalue weighted by Gasteiger charge is -2.28. The maximum absolute atomic E-state index is 12.1. The first kappa shape index (κ1) is 15.2. The van der Waals surface area contributed by atoms with E-state index < -0.39 is 6.03 Å². The van der Waals surface area contributed by atoms with Crippen molar-refractivity contribution in [3.63, 3.8) is 0 Å². The van der Waals surface area contributed by atoms with Crippen molar-refractivity contribution in [3.05, 3.63) is 47.5 Å². The molecule has 1 aliphatic heterocycles. The van der Waals surface area contributed by atoms with Crippen LogP contribution in [-0.2, 0) is 4.79 Å². The lowest BCUT2D eigenvalue weighted by Crippen LogP contribution is -2.36. The number of amides is 3. The lowest BCUT2D eigenvalue weighted by atomic mass is 10.2. The zero-order chi connectivity index (χ0) is 16.4. The minimum Gasteiger partial charge on any atom is -0.481 e. The van der Waals surface area contributed by atoms with E-state index in [2.05, 4.69) is 10.6 Å². The zero-order valence-electron chi connectivity index (χ0n) is 12.3. The van der Waals surface area contributed by atoms with Gasteiger partial charge in [-0.2, -0.15) is 0 Å². The second-order valence-corrected chi connectivity index (χ2v) is 5.42.